The molecule has 0 unspecified atom stereocenters. The minimum Gasteiger partial charge on any atom is -0.280 e. The summed E-state index contributed by atoms with van der Waals surface area (Å²) in [6, 6.07) is 0. The van der Waals surface area contributed by atoms with E-state index in [0.717, 1.165) is 6.20 Å². The molecule has 0 bridgehead atoms. The number of halogens is 2. The molecule has 2 rings (SSSR count). The molecule has 0 aromatic carbocycles. The molecule has 0 atom stereocenters. The molecule has 0 saturated carbocycles. The highest BCUT2D eigenvalue weighted by molar-refractivity contribution is 7.07. The number of nitrogens with one attached hydrogen (secondary N) is 1. The highest BCUT2D eigenvalue weighted by atomic mass is 32.1. The van der Waals surface area contributed by atoms with Crippen LogP contribution in [0.4, 0.5) is 8.78 Å². The van der Waals surface area contributed by atoms with Gasteiger partial charge < -0.3 is 0 Å². The topological polar surface area (TPSA) is 41.6 Å². The molecule has 0 fully saturated rings. The number of thiazole rings is 1. The SMILES string of the molecule is Fc1c[nH]nc1F.c1cscn1. The summed E-state index contributed by atoms with van der Waals surface area (Å²) in [4.78, 5) is 3.74. The highest BCUT2D eigenvalue weighted by Gasteiger charge is 1.98. The largest absolute Gasteiger partial charge is 0.280 e. The van der Waals surface area contributed by atoms with Crippen molar-refractivity contribution in [3.8, 4) is 0 Å². The molecule has 0 aliphatic heterocycles. The van der Waals surface area contributed by atoms with Gasteiger partial charge in [0.05, 0.1) is 11.7 Å². The number of aromatic nitrogens is 3. The van der Waals surface area contributed by atoms with Crippen molar-refractivity contribution in [3.05, 3.63) is 35.0 Å². The zero-order valence-corrected chi connectivity index (χ0v) is 6.68. The molecule has 2 aromatic rings. The number of aromatic amines is 1. The van der Waals surface area contributed by atoms with Crippen LogP contribution < -0.4 is 0 Å². The lowest BCUT2D eigenvalue weighted by Crippen LogP contribution is -1.73. The first-order chi connectivity index (χ1) is 5.80. The predicted octanol–water partition coefficient (Wildman–Crippen LogP) is 1.83. The summed E-state index contributed by atoms with van der Waals surface area (Å²) in [6.45, 7) is 0. The van der Waals surface area contributed by atoms with Crippen molar-refractivity contribution in [2.24, 2.45) is 0 Å². The zero-order valence-electron chi connectivity index (χ0n) is 5.87. The van der Waals surface area contributed by atoms with Crippen LogP contribution in [0.15, 0.2) is 23.3 Å². The van der Waals surface area contributed by atoms with E-state index >= 15 is 0 Å². The molecule has 1 N–H and O–H groups in total. The molecule has 2 aromatic heterocycles. The number of hydrogen-bond acceptors (Lipinski definition) is 3. The molecule has 0 aliphatic rings. The van der Waals surface area contributed by atoms with Gasteiger partial charge >= 0.3 is 0 Å². The quantitative estimate of drug-likeness (QED) is 0.686. The van der Waals surface area contributed by atoms with Crippen LogP contribution in [0, 0.1) is 11.8 Å². The van der Waals surface area contributed by atoms with Crippen LogP contribution in [-0.4, -0.2) is 15.2 Å². The van der Waals surface area contributed by atoms with Gasteiger partial charge in [0.2, 0.25) is 0 Å². The first-order valence-corrected chi connectivity index (χ1v) is 3.92. The summed E-state index contributed by atoms with van der Waals surface area (Å²) < 4.78 is 23.2. The maximum Gasteiger partial charge on any atom is 0.267 e. The number of hydrogen-bond donors (Lipinski definition) is 1. The van der Waals surface area contributed by atoms with Gasteiger partial charge in [0.25, 0.3) is 5.95 Å². The molecule has 12 heavy (non-hydrogen) atoms. The molecule has 0 amide bonds. The first-order valence-electron chi connectivity index (χ1n) is 2.97. The lowest BCUT2D eigenvalue weighted by molar-refractivity contribution is 0.490. The van der Waals surface area contributed by atoms with E-state index in [4.69, 9.17) is 0 Å². The molecule has 0 spiro atoms. The van der Waals surface area contributed by atoms with Gasteiger partial charge in [0.1, 0.15) is 0 Å². The van der Waals surface area contributed by atoms with Crippen LogP contribution in [0.2, 0.25) is 0 Å². The van der Waals surface area contributed by atoms with Gasteiger partial charge in [0, 0.05) is 11.6 Å². The molecule has 0 aliphatic carbocycles. The summed E-state index contributed by atoms with van der Waals surface area (Å²) in [5.74, 6) is -2.03. The fourth-order valence-corrected chi connectivity index (χ4v) is 0.786. The number of H-pyrrole nitrogens is 1. The second-order valence-corrected chi connectivity index (χ2v) is 2.45. The third-order valence-corrected chi connectivity index (χ3v) is 1.42. The summed E-state index contributed by atoms with van der Waals surface area (Å²) in [5.41, 5.74) is 1.79. The zero-order chi connectivity index (χ0) is 8.81. The third kappa shape index (κ3) is 2.75. The molecule has 0 saturated heterocycles. The highest BCUT2D eigenvalue weighted by Crippen LogP contribution is 1.95. The van der Waals surface area contributed by atoms with Crippen molar-refractivity contribution in [1.82, 2.24) is 15.2 Å². The van der Waals surface area contributed by atoms with E-state index in [0.29, 0.717) is 0 Å². The molecular formula is C6H5F2N3S. The smallest absolute Gasteiger partial charge is 0.267 e. The van der Waals surface area contributed by atoms with Crippen molar-refractivity contribution in [2.75, 3.05) is 0 Å². The lowest BCUT2D eigenvalue weighted by atomic mass is 10.7. The van der Waals surface area contributed by atoms with E-state index in [-0.39, 0.29) is 0 Å². The minimum absolute atomic E-state index is 0.843. The van der Waals surface area contributed by atoms with Crippen LogP contribution in [0.1, 0.15) is 0 Å². The van der Waals surface area contributed by atoms with E-state index in [2.05, 4.69) is 10.1 Å². The second kappa shape index (κ2) is 4.55. The van der Waals surface area contributed by atoms with E-state index in [1.165, 1.54) is 0 Å². The Bertz CT molecular complexity index is 272. The maximum absolute atomic E-state index is 11.6. The summed E-state index contributed by atoms with van der Waals surface area (Å²) in [6.07, 6.45) is 2.61. The molecule has 0 radical (unpaired) electrons. The van der Waals surface area contributed by atoms with Gasteiger partial charge in [-0.1, -0.05) is 0 Å². The van der Waals surface area contributed by atoms with Crippen LogP contribution in [0.25, 0.3) is 0 Å². The standard InChI is InChI=1S/C3H2F2N2.C3H3NS/c4-2-1-6-7-3(2)5;1-2-5-3-4-1/h1H,(H,6,7);1-3H. The Kier molecular flexibility index (Phi) is 3.34. The normalized spacial score (nSPS) is 8.83. The lowest BCUT2D eigenvalue weighted by Gasteiger charge is -1.67. The van der Waals surface area contributed by atoms with Gasteiger partial charge in [-0.2, -0.15) is 4.39 Å². The minimum atomic E-state index is -1.08. The van der Waals surface area contributed by atoms with E-state index in [9.17, 15) is 8.78 Å². The third-order valence-electron chi connectivity index (χ3n) is 0.898. The van der Waals surface area contributed by atoms with E-state index in [1.54, 1.807) is 23.0 Å². The fraction of sp³-hybridized carbons (Fsp3) is 0. The first kappa shape index (κ1) is 8.79. The summed E-state index contributed by atoms with van der Waals surface area (Å²) in [7, 11) is 0. The predicted molar refractivity (Wildman–Crippen MR) is 40.6 cm³/mol. The van der Waals surface area contributed by atoms with Gasteiger partial charge in [-0.05, 0) is 0 Å². The molecule has 3 nitrogen and oxygen atoms in total. The Hall–Kier alpha value is -1.30. The van der Waals surface area contributed by atoms with Crippen molar-refractivity contribution in [3.63, 3.8) is 0 Å². The van der Waals surface area contributed by atoms with Gasteiger partial charge in [-0.3, -0.25) is 10.1 Å². The molecule has 6 heteroatoms. The van der Waals surface area contributed by atoms with Crippen molar-refractivity contribution >= 4 is 11.3 Å². The van der Waals surface area contributed by atoms with Crippen LogP contribution >= 0.6 is 11.3 Å². The van der Waals surface area contributed by atoms with Gasteiger partial charge in [0.15, 0.2) is 5.82 Å². The van der Waals surface area contributed by atoms with Gasteiger partial charge in [-0.25, -0.2) is 4.39 Å². The number of nitrogens with zero attached hydrogens (tertiary/aromatic N) is 2. The second-order valence-electron chi connectivity index (χ2n) is 1.70. The Morgan fingerprint density at radius 1 is 1.42 bits per heavy atom. The Labute approximate surface area is 71.1 Å². The van der Waals surface area contributed by atoms with Crippen LogP contribution in [0.5, 0.6) is 0 Å². The fourth-order valence-electron chi connectivity index (χ4n) is 0.434. The molecule has 64 valence electrons. The monoisotopic (exact) mass is 189 g/mol. The average molecular weight is 189 g/mol. The van der Waals surface area contributed by atoms with Crippen LogP contribution in [-0.2, 0) is 0 Å². The van der Waals surface area contributed by atoms with Crippen molar-refractivity contribution < 1.29 is 8.78 Å². The maximum atomic E-state index is 11.6. The average Bonchev–Trinajstić information content (AvgIpc) is 2.67. The van der Waals surface area contributed by atoms with Crippen molar-refractivity contribution in [1.29, 1.82) is 0 Å². The van der Waals surface area contributed by atoms with Crippen molar-refractivity contribution in [2.45, 2.75) is 0 Å². The Balaban J connectivity index is 0.000000127. The Morgan fingerprint density at radius 3 is 2.42 bits per heavy atom. The summed E-state index contributed by atoms with van der Waals surface area (Å²) >= 11 is 1.60. The van der Waals surface area contributed by atoms with Crippen LogP contribution in [0.3, 0.4) is 0 Å². The van der Waals surface area contributed by atoms with E-state index < -0.39 is 11.8 Å². The van der Waals surface area contributed by atoms with E-state index in [1.807, 2.05) is 10.5 Å². The molecular weight excluding hydrogens is 184 g/mol. The van der Waals surface area contributed by atoms with Gasteiger partial charge in [-0.15, -0.1) is 16.4 Å². The Morgan fingerprint density at radius 2 is 2.25 bits per heavy atom. The number of rotatable bonds is 0. The summed E-state index contributed by atoms with van der Waals surface area (Å²) in [5, 5.41) is 6.78. The molecule has 2 heterocycles.